The molecule has 0 N–H and O–H groups in total. The highest BCUT2D eigenvalue weighted by Crippen LogP contribution is 2.21. The molecule has 0 saturated carbocycles. The lowest BCUT2D eigenvalue weighted by atomic mass is 10.1. The average Bonchev–Trinajstić information content (AvgIpc) is 3.09. The minimum absolute atomic E-state index is 0.143. The third-order valence-corrected chi connectivity index (χ3v) is 5.17. The van der Waals surface area contributed by atoms with Crippen molar-refractivity contribution in [2.45, 2.75) is 70.3 Å². The van der Waals surface area contributed by atoms with Gasteiger partial charge in [-0.25, -0.2) is 0 Å². The van der Waals surface area contributed by atoms with Gasteiger partial charge in [-0.1, -0.05) is 55.0 Å². The largest absolute Gasteiger partial charge is 0.469 e. The summed E-state index contributed by atoms with van der Waals surface area (Å²) < 4.78 is 4.65. The lowest BCUT2D eigenvalue weighted by Crippen LogP contribution is -2.32. The average molecular weight is 396 g/mol. The Bertz CT molecular complexity index is 715. The van der Waals surface area contributed by atoms with E-state index in [0.717, 1.165) is 63.5 Å². The number of hydrogen-bond acceptors (Lipinski definition) is 3. The van der Waals surface area contributed by atoms with E-state index in [1.54, 1.807) is 0 Å². The molecule has 0 spiro atoms. The maximum Gasteiger partial charge on any atom is 0.305 e. The van der Waals surface area contributed by atoms with E-state index in [-0.39, 0.29) is 17.9 Å². The molecule has 1 aliphatic heterocycles. The molecule has 1 heterocycles. The van der Waals surface area contributed by atoms with Crippen molar-refractivity contribution < 1.29 is 14.3 Å². The fourth-order valence-electron chi connectivity index (χ4n) is 3.50. The summed E-state index contributed by atoms with van der Waals surface area (Å²) in [4.78, 5) is 25.3. The Kier molecular flexibility index (Phi) is 10.7. The molecule has 0 aromatic heterocycles. The number of unbranched alkanes of at least 4 members (excludes halogenated alkanes) is 5. The first-order chi connectivity index (χ1) is 14.2. The van der Waals surface area contributed by atoms with Crippen LogP contribution in [0.4, 0.5) is 0 Å². The summed E-state index contributed by atoms with van der Waals surface area (Å²) >= 11 is 0. The lowest BCUT2D eigenvalue weighted by Gasteiger charge is -2.22. The molecule has 2 rings (SSSR count). The Labute approximate surface area is 175 Å². The first-order valence-corrected chi connectivity index (χ1v) is 10.8. The number of amides is 1. The van der Waals surface area contributed by atoms with Gasteiger partial charge in [-0.3, -0.25) is 9.59 Å². The molecule has 0 aliphatic carbocycles. The monoisotopic (exact) mass is 395 g/mol. The van der Waals surface area contributed by atoms with Crippen LogP contribution >= 0.6 is 0 Å². The van der Waals surface area contributed by atoms with Crippen LogP contribution in [0.5, 0.6) is 0 Å². The highest BCUT2D eigenvalue weighted by Gasteiger charge is 2.28. The zero-order valence-electron chi connectivity index (χ0n) is 17.6. The van der Waals surface area contributed by atoms with Crippen LogP contribution in [-0.2, 0) is 14.3 Å². The van der Waals surface area contributed by atoms with Gasteiger partial charge in [0.2, 0.25) is 5.91 Å². The number of allylic oxidation sites excluding steroid dienone is 1. The third kappa shape index (κ3) is 9.00. The Morgan fingerprint density at radius 1 is 1.17 bits per heavy atom. The second-order valence-electron chi connectivity index (χ2n) is 7.42. The fourth-order valence-corrected chi connectivity index (χ4v) is 3.50. The third-order valence-electron chi connectivity index (χ3n) is 5.17. The lowest BCUT2D eigenvalue weighted by molar-refractivity contribution is -0.140. The number of benzene rings is 1. The molecule has 1 aliphatic rings. The van der Waals surface area contributed by atoms with Gasteiger partial charge in [0.15, 0.2) is 0 Å². The Morgan fingerprint density at radius 3 is 2.76 bits per heavy atom. The summed E-state index contributed by atoms with van der Waals surface area (Å²) in [7, 11) is 1.42. The van der Waals surface area contributed by atoms with Crippen molar-refractivity contribution in [2.75, 3.05) is 13.7 Å². The van der Waals surface area contributed by atoms with Crippen LogP contribution in [0, 0.1) is 11.8 Å². The summed E-state index contributed by atoms with van der Waals surface area (Å²) in [5, 5.41) is 0. The van der Waals surface area contributed by atoms with Gasteiger partial charge in [0.1, 0.15) is 0 Å². The van der Waals surface area contributed by atoms with Gasteiger partial charge in [-0.2, -0.15) is 0 Å². The van der Waals surface area contributed by atoms with Crippen molar-refractivity contribution in [1.29, 1.82) is 0 Å². The molecule has 4 nitrogen and oxygen atoms in total. The number of likely N-dealkylation sites (tertiary alicyclic amines) is 1. The maximum absolute atomic E-state index is 12.2. The molecule has 0 bridgehead atoms. The standard InChI is InChI=1S/C25H33NO3/c1-29-25(28)18-12-5-6-13-21-26-23(19-20-24(26)27)17-11-4-2-3-8-14-22-15-9-7-10-16-22/h7,9-11,15-17,23H,2-6,12-13,18-21H2,1H3/b17-11+. The number of nitrogens with zero attached hydrogens (tertiary/aromatic N) is 1. The predicted octanol–water partition coefficient (Wildman–Crippen LogP) is 4.88. The zero-order valence-corrected chi connectivity index (χ0v) is 17.6. The smallest absolute Gasteiger partial charge is 0.305 e. The number of carbonyl (C=O) groups excluding carboxylic acids is 2. The molecule has 1 atom stereocenters. The quantitative estimate of drug-likeness (QED) is 0.232. The number of esters is 1. The first kappa shape index (κ1) is 22.7. The molecule has 1 aromatic rings. The number of rotatable bonds is 11. The SMILES string of the molecule is COC(=O)CCCCCCN1C(=O)CCC1/C=C/CCCC#Cc1ccccc1. The van der Waals surface area contributed by atoms with Gasteiger partial charge in [0.25, 0.3) is 0 Å². The van der Waals surface area contributed by atoms with Crippen LogP contribution in [0.15, 0.2) is 42.5 Å². The Hall–Kier alpha value is -2.54. The molecule has 29 heavy (non-hydrogen) atoms. The summed E-state index contributed by atoms with van der Waals surface area (Å²) in [5.74, 6) is 6.53. The van der Waals surface area contributed by atoms with E-state index in [0.29, 0.717) is 12.8 Å². The number of hydrogen-bond donors (Lipinski definition) is 0. The van der Waals surface area contributed by atoms with Crippen LogP contribution < -0.4 is 0 Å². The molecule has 4 heteroatoms. The van der Waals surface area contributed by atoms with E-state index in [2.05, 4.69) is 28.7 Å². The van der Waals surface area contributed by atoms with E-state index in [1.165, 1.54) is 7.11 Å². The molecule has 1 aromatic carbocycles. The van der Waals surface area contributed by atoms with Crippen molar-refractivity contribution in [1.82, 2.24) is 4.90 Å². The van der Waals surface area contributed by atoms with Gasteiger partial charge in [-0.15, -0.1) is 0 Å². The van der Waals surface area contributed by atoms with Gasteiger partial charge < -0.3 is 9.64 Å². The molecular formula is C25H33NO3. The van der Waals surface area contributed by atoms with E-state index in [1.807, 2.05) is 35.2 Å². The van der Waals surface area contributed by atoms with Crippen LogP contribution in [0.2, 0.25) is 0 Å². The minimum atomic E-state index is -0.143. The maximum atomic E-state index is 12.2. The first-order valence-electron chi connectivity index (χ1n) is 10.8. The van der Waals surface area contributed by atoms with Crippen LogP contribution in [0.25, 0.3) is 0 Å². The highest BCUT2D eigenvalue weighted by molar-refractivity contribution is 5.79. The predicted molar refractivity (Wildman–Crippen MR) is 116 cm³/mol. The van der Waals surface area contributed by atoms with E-state index < -0.39 is 0 Å². The normalized spacial score (nSPS) is 16.1. The van der Waals surface area contributed by atoms with Gasteiger partial charge >= 0.3 is 5.97 Å². The minimum Gasteiger partial charge on any atom is -0.469 e. The Morgan fingerprint density at radius 2 is 1.97 bits per heavy atom. The second-order valence-corrected chi connectivity index (χ2v) is 7.42. The molecule has 1 fully saturated rings. The molecular weight excluding hydrogens is 362 g/mol. The molecule has 1 unspecified atom stereocenters. The summed E-state index contributed by atoms with van der Waals surface area (Å²) in [6, 6.07) is 10.3. The number of carbonyl (C=O) groups is 2. The fraction of sp³-hybridized carbons (Fsp3) is 0.520. The molecule has 1 saturated heterocycles. The summed E-state index contributed by atoms with van der Waals surface area (Å²) in [5.41, 5.74) is 1.06. The van der Waals surface area contributed by atoms with E-state index >= 15 is 0 Å². The molecule has 0 radical (unpaired) electrons. The van der Waals surface area contributed by atoms with Crippen LogP contribution in [-0.4, -0.2) is 36.5 Å². The highest BCUT2D eigenvalue weighted by atomic mass is 16.5. The van der Waals surface area contributed by atoms with Crippen molar-refractivity contribution in [3.05, 3.63) is 48.0 Å². The summed E-state index contributed by atoms with van der Waals surface area (Å²) in [6.45, 7) is 0.814. The molecule has 156 valence electrons. The van der Waals surface area contributed by atoms with Crippen LogP contribution in [0.3, 0.4) is 0 Å². The Balaban J connectivity index is 1.61. The number of ether oxygens (including phenoxy) is 1. The zero-order chi connectivity index (χ0) is 20.7. The van der Waals surface area contributed by atoms with Crippen LogP contribution in [0.1, 0.15) is 69.8 Å². The molecule has 1 amide bonds. The van der Waals surface area contributed by atoms with E-state index in [9.17, 15) is 9.59 Å². The van der Waals surface area contributed by atoms with Crippen molar-refractivity contribution in [2.24, 2.45) is 0 Å². The van der Waals surface area contributed by atoms with Crippen molar-refractivity contribution in [3.63, 3.8) is 0 Å². The van der Waals surface area contributed by atoms with Gasteiger partial charge in [-0.05, 0) is 44.2 Å². The second kappa shape index (κ2) is 13.6. The van der Waals surface area contributed by atoms with Crippen molar-refractivity contribution >= 4 is 11.9 Å². The van der Waals surface area contributed by atoms with Gasteiger partial charge in [0.05, 0.1) is 13.2 Å². The van der Waals surface area contributed by atoms with Crippen molar-refractivity contribution in [3.8, 4) is 11.8 Å². The van der Waals surface area contributed by atoms with Gasteiger partial charge in [0, 0.05) is 31.4 Å². The summed E-state index contributed by atoms with van der Waals surface area (Å²) in [6.07, 6.45) is 13.3. The topological polar surface area (TPSA) is 46.6 Å². The van der Waals surface area contributed by atoms with E-state index in [4.69, 9.17) is 0 Å². The number of methoxy groups -OCH3 is 1.